The van der Waals surface area contributed by atoms with E-state index in [0.29, 0.717) is 30.2 Å². The van der Waals surface area contributed by atoms with Crippen molar-refractivity contribution < 1.29 is 19.0 Å². The van der Waals surface area contributed by atoms with Gasteiger partial charge in [0.15, 0.2) is 6.10 Å². The number of amides is 1. The van der Waals surface area contributed by atoms with Gasteiger partial charge >= 0.3 is 0 Å². The normalized spacial score (nSPS) is 18.2. The number of nitriles is 1. The molecule has 2 rings (SSSR count). The second-order valence-corrected chi connectivity index (χ2v) is 4.31. The summed E-state index contributed by atoms with van der Waals surface area (Å²) in [5.41, 5.74) is 0.451. The fourth-order valence-electron chi connectivity index (χ4n) is 2.06. The van der Waals surface area contributed by atoms with Gasteiger partial charge in [0, 0.05) is 12.6 Å². The minimum Gasteiger partial charge on any atom is -0.497 e. The molecule has 1 heterocycles. The van der Waals surface area contributed by atoms with Crippen molar-refractivity contribution in [3.8, 4) is 17.6 Å². The lowest BCUT2D eigenvalue weighted by atomic mass is 10.1. The number of morpholine rings is 1. The number of rotatable bonds is 3. The molecule has 0 aromatic heterocycles. The predicted octanol–water partition coefficient (Wildman–Crippen LogP) is 1.07. The van der Waals surface area contributed by atoms with E-state index in [9.17, 15) is 4.79 Å². The van der Waals surface area contributed by atoms with Crippen LogP contribution in [0.3, 0.4) is 0 Å². The number of nitrogens with zero attached hydrogens (tertiary/aromatic N) is 2. The number of hydrogen-bond donors (Lipinski definition) is 0. The highest BCUT2D eigenvalue weighted by Gasteiger charge is 2.26. The van der Waals surface area contributed by atoms with Gasteiger partial charge in [-0.1, -0.05) is 0 Å². The van der Waals surface area contributed by atoms with Gasteiger partial charge in [-0.2, -0.15) is 5.26 Å². The van der Waals surface area contributed by atoms with Gasteiger partial charge in [0.2, 0.25) is 0 Å². The number of carbonyl (C=O) groups is 1. The van der Waals surface area contributed by atoms with Gasteiger partial charge in [-0.25, -0.2) is 0 Å². The first-order chi connectivity index (χ1) is 9.69. The molecule has 106 valence electrons. The minimum atomic E-state index is -0.572. The first-order valence-electron chi connectivity index (χ1n) is 6.22. The minimum absolute atomic E-state index is 0.173. The number of hydrogen-bond acceptors (Lipinski definition) is 5. The topological polar surface area (TPSA) is 71.8 Å². The molecule has 1 aliphatic rings. The molecule has 0 N–H and O–H groups in total. The van der Waals surface area contributed by atoms with Crippen molar-refractivity contribution in [1.82, 2.24) is 4.90 Å². The third-order valence-corrected chi connectivity index (χ3v) is 3.14. The van der Waals surface area contributed by atoms with Crippen LogP contribution in [0.25, 0.3) is 0 Å². The molecule has 1 saturated heterocycles. The van der Waals surface area contributed by atoms with Crippen LogP contribution in [0, 0.1) is 11.3 Å². The van der Waals surface area contributed by atoms with E-state index in [1.807, 2.05) is 6.07 Å². The zero-order chi connectivity index (χ0) is 14.5. The first-order valence-corrected chi connectivity index (χ1v) is 6.22. The van der Waals surface area contributed by atoms with Crippen LogP contribution >= 0.6 is 0 Å². The molecular weight excluding hydrogens is 260 g/mol. The van der Waals surface area contributed by atoms with Crippen molar-refractivity contribution in [2.75, 3.05) is 33.9 Å². The summed E-state index contributed by atoms with van der Waals surface area (Å²) in [6, 6.07) is 7.05. The molecule has 20 heavy (non-hydrogen) atoms. The second kappa shape index (κ2) is 6.26. The molecule has 1 amide bonds. The first kappa shape index (κ1) is 14.2. The fraction of sp³-hybridized carbons (Fsp3) is 0.429. The summed E-state index contributed by atoms with van der Waals surface area (Å²) in [7, 11) is 3.05. The van der Waals surface area contributed by atoms with E-state index in [1.165, 1.54) is 7.11 Å². The fourth-order valence-corrected chi connectivity index (χ4v) is 2.06. The van der Waals surface area contributed by atoms with Crippen LogP contribution in [0.1, 0.15) is 10.4 Å². The van der Waals surface area contributed by atoms with Gasteiger partial charge in [-0.3, -0.25) is 4.79 Å². The van der Waals surface area contributed by atoms with Gasteiger partial charge in [-0.05, 0) is 12.1 Å². The van der Waals surface area contributed by atoms with Gasteiger partial charge in [0.05, 0.1) is 39.0 Å². The summed E-state index contributed by atoms with van der Waals surface area (Å²) in [4.78, 5) is 14.1. The van der Waals surface area contributed by atoms with Crippen molar-refractivity contribution in [3.05, 3.63) is 23.8 Å². The third-order valence-electron chi connectivity index (χ3n) is 3.14. The maximum absolute atomic E-state index is 12.5. The Kier molecular flexibility index (Phi) is 4.43. The van der Waals surface area contributed by atoms with Crippen LogP contribution in [-0.4, -0.2) is 50.8 Å². The van der Waals surface area contributed by atoms with Crippen LogP contribution in [0.4, 0.5) is 0 Å². The summed E-state index contributed by atoms with van der Waals surface area (Å²) < 4.78 is 15.6. The molecule has 0 spiro atoms. The van der Waals surface area contributed by atoms with E-state index in [4.69, 9.17) is 19.5 Å². The molecule has 0 aliphatic carbocycles. The van der Waals surface area contributed by atoms with E-state index in [-0.39, 0.29) is 12.5 Å². The number of ether oxygens (including phenoxy) is 3. The monoisotopic (exact) mass is 276 g/mol. The SMILES string of the molecule is COc1ccc(C(=O)N2CCOC(C#N)C2)c(OC)c1. The van der Waals surface area contributed by atoms with Crippen molar-refractivity contribution in [1.29, 1.82) is 5.26 Å². The lowest BCUT2D eigenvalue weighted by Crippen LogP contribution is -2.45. The number of carbonyl (C=O) groups excluding carboxylic acids is 1. The van der Waals surface area contributed by atoms with E-state index < -0.39 is 6.10 Å². The Bertz CT molecular complexity index is 538. The molecule has 1 aromatic rings. The van der Waals surface area contributed by atoms with E-state index in [1.54, 1.807) is 30.2 Å². The Morgan fingerprint density at radius 2 is 2.25 bits per heavy atom. The zero-order valence-electron chi connectivity index (χ0n) is 11.5. The lowest BCUT2D eigenvalue weighted by Gasteiger charge is -2.30. The third kappa shape index (κ3) is 2.83. The van der Waals surface area contributed by atoms with Crippen molar-refractivity contribution in [2.45, 2.75) is 6.10 Å². The number of benzene rings is 1. The maximum Gasteiger partial charge on any atom is 0.257 e. The summed E-state index contributed by atoms with van der Waals surface area (Å²) >= 11 is 0. The Morgan fingerprint density at radius 1 is 1.45 bits per heavy atom. The van der Waals surface area contributed by atoms with Crippen LogP contribution in [0.5, 0.6) is 11.5 Å². The van der Waals surface area contributed by atoms with Crippen molar-refractivity contribution in [2.24, 2.45) is 0 Å². The van der Waals surface area contributed by atoms with E-state index >= 15 is 0 Å². The van der Waals surface area contributed by atoms with Crippen molar-refractivity contribution in [3.63, 3.8) is 0 Å². The van der Waals surface area contributed by atoms with E-state index in [2.05, 4.69) is 0 Å². The van der Waals surface area contributed by atoms with Crippen LogP contribution < -0.4 is 9.47 Å². The largest absolute Gasteiger partial charge is 0.497 e. The summed E-state index contributed by atoms with van der Waals surface area (Å²) in [6.45, 7) is 1.10. The molecule has 1 atom stereocenters. The molecule has 6 nitrogen and oxygen atoms in total. The van der Waals surface area contributed by atoms with Crippen LogP contribution in [0.15, 0.2) is 18.2 Å². The van der Waals surface area contributed by atoms with Gasteiger partial charge < -0.3 is 19.1 Å². The quantitative estimate of drug-likeness (QED) is 0.825. The zero-order valence-corrected chi connectivity index (χ0v) is 11.5. The molecule has 6 heteroatoms. The van der Waals surface area contributed by atoms with Gasteiger partial charge in [0.1, 0.15) is 11.5 Å². The van der Waals surface area contributed by atoms with Crippen LogP contribution in [-0.2, 0) is 4.74 Å². The van der Waals surface area contributed by atoms with Gasteiger partial charge in [-0.15, -0.1) is 0 Å². The van der Waals surface area contributed by atoms with E-state index in [0.717, 1.165) is 0 Å². The summed E-state index contributed by atoms with van der Waals surface area (Å²) in [5.74, 6) is 0.901. The molecule has 0 radical (unpaired) electrons. The van der Waals surface area contributed by atoms with Crippen LogP contribution in [0.2, 0.25) is 0 Å². The molecular formula is C14H16N2O4. The molecule has 1 aliphatic heterocycles. The molecule has 0 saturated carbocycles. The highest BCUT2D eigenvalue weighted by atomic mass is 16.5. The smallest absolute Gasteiger partial charge is 0.257 e. The van der Waals surface area contributed by atoms with Gasteiger partial charge in [0.25, 0.3) is 5.91 Å². The summed E-state index contributed by atoms with van der Waals surface area (Å²) in [6.07, 6.45) is -0.572. The molecule has 1 fully saturated rings. The Balaban J connectivity index is 2.22. The average molecular weight is 276 g/mol. The lowest BCUT2D eigenvalue weighted by molar-refractivity contribution is 0.00333. The highest BCUT2D eigenvalue weighted by molar-refractivity contribution is 5.97. The maximum atomic E-state index is 12.5. The standard InChI is InChI=1S/C14H16N2O4/c1-18-10-3-4-12(13(7-10)19-2)14(17)16-5-6-20-11(8-15)9-16/h3-4,7,11H,5-6,9H2,1-2H3. The van der Waals surface area contributed by atoms with Crippen molar-refractivity contribution >= 4 is 5.91 Å². The Labute approximate surface area is 117 Å². The molecule has 1 aromatic carbocycles. The Hall–Kier alpha value is -2.26. The number of methoxy groups -OCH3 is 2. The molecule has 0 bridgehead atoms. The average Bonchev–Trinajstić information content (AvgIpc) is 2.53. The summed E-state index contributed by atoms with van der Waals surface area (Å²) in [5, 5.41) is 8.88. The second-order valence-electron chi connectivity index (χ2n) is 4.31. The Morgan fingerprint density at radius 3 is 2.90 bits per heavy atom. The predicted molar refractivity (Wildman–Crippen MR) is 70.8 cm³/mol. The molecule has 1 unspecified atom stereocenters. The highest BCUT2D eigenvalue weighted by Crippen LogP contribution is 2.26.